The SMILES string of the molecule is O=C=NCCC[SiH2]OCc1ccccc1. The smallest absolute Gasteiger partial charge is 0.234 e. The average Bonchev–Trinajstić information content (AvgIpc) is 2.29. The average molecular weight is 221 g/mol. The van der Waals surface area contributed by atoms with Crippen LogP contribution in [0.5, 0.6) is 0 Å². The molecule has 0 aromatic heterocycles. The van der Waals surface area contributed by atoms with Gasteiger partial charge in [-0.1, -0.05) is 30.3 Å². The van der Waals surface area contributed by atoms with Gasteiger partial charge in [-0.25, -0.2) is 9.79 Å². The number of carbonyl (C=O) groups excluding carboxylic acids is 1. The van der Waals surface area contributed by atoms with Gasteiger partial charge in [0.25, 0.3) is 0 Å². The van der Waals surface area contributed by atoms with Crippen LogP contribution in [0.2, 0.25) is 6.04 Å². The molecule has 0 aliphatic heterocycles. The lowest BCUT2D eigenvalue weighted by molar-refractivity contribution is 0.323. The zero-order valence-corrected chi connectivity index (χ0v) is 10.1. The highest BCUT2D eigenvalue weighted by atomic mass is 28.2. The lowest BCUT2D eigenvalue weighted by atomic mass is 10.2. The summed E-state index contributed by atoms with van der Waals surface area (Å²) in [6.45, 7) is 1.30. The quantitative estimate of drug-likeness (QED) is 0.302. The maximum atomic E-state index is 9.77. The van der Waals surface area contributed by atoms with Crippen LogP contribution >= 0.6 is 0 Å². The summed E-state index contributed by atoms with van der Waals surface area (Å²) < 4.78 is 5.60. The van der Waals surface area contributed by atoms with Crippen molar-refractivity contribution in [2.75, 3.05) is 6.54 Å². The van der Waals surface area contributed by atoms with Crippen molar-refractivity contribution in [2.45, 2.75) is 19.1 Å². The highest BCUT2D eigenvalue weighted by molar-refractivity contribution is 6.26. The fourth-order valence-electron chi connectivity index (χ4n) is 1.20. The van der Waals surface area contributed by atoms with Gasteiger partial charge < -0.3 is 4.43 Å². The van der Waals surface area contributed by atoms with Crippen LogP contribution in [0.3, 0.4) is 0 Å². The molecule has 4 heteroatoms. The van der Waals surface area contributed by atoms with Gasteiger partial charge in [0.2, 0.25) is 6.08 Å². The first-order valence-electron chi connectivity index (χ1n) is 5.09. The van der Waals surface area contributed by atoms with E-state index in [-0.39, 0.29) is 0 Å². The first kappa shape index (κ1) is 11.8. The molecule has 0 N–H and O–H groups in total. The molecule has 0 bridgehead atoms. The van der Waals surface area contributed by atoms with Crippen molar-refractivity contribution in [2.24, 2.45) is 4.99 Å². The summed E-state index contributed by atoms with van der Waals surface area (Å²) in [4.78, 5) is 13.3. The first-order chi connectivity index (χ1) is 7.43. The van der Waals surface area contributed by atoms with Crippen molar-refractivity contribution in [1.29, 1.82) is 0 Å². The molecule has 0 unspecified atom stereocenters. The minimum atomic E-state index is -0.450. The molecule has 80 valence electrons. The minimum Gasteiger partial charge on any atom is -0.420 e. The fraction of sp³-hybridized carbons (Fsp3) is 0.364. The second-order valence-corrected chi connectivity index (χ2v) is 4.74. The topological polar surface area (TPSA) is 38.7 Å². The van der Waals surface area contributed by atoms with Gasteiger partial charge in [-0.2, -0.15) is 0 Å². The normalized spacial score (nSPS) is 10.4. The van der Waals surface area contributed by atoms with E-state index in [0.717, 1.165) is 12.5 Å². The van der Waals surface area contributed by atoms with Crippen molar-refractivity contribution in [3.63, 3.8) is 0 Å². The third-order valence-corrected chi connectivity index (χ3v) is 3.27. The molecule has 0 atom stereocenters. The Morgan fingerprint density at radius 1 is 1.33 bits per heavy atom. The molecule has 1 rings (SSSR count). The van der Waals surface area contributed by atoms with Crippen LogP contribution in [-0.2, 0) is 15.8 Å². The molecule has 15 heavy (non-hydrogen) atoms. The van der Waals surface area contributed by atoms with E-state index in [9.17, 15) is 4.79 Å². The molecule has 1 aromatic carbocycles. The van der Waals surface area contributed by atoms with Gasteiger partial charge in [-0.05, 0) is 18.0 Å². The number of benzene rings is 1. The van der Waals surface area contributed by atoms with Crippen LogP contribution in [0.15, 0.2) is 35.3 Å². The Morgan fingerprint density at radius 3 is 2.87 bits per heavy atom. The predicted molar refractivity (Wildman–Crippen MR) is 62.2 cm³/mol. The van der Waals surface area contributed by atoms with Crippen LogP contribution in [0.4, 0.5) is 0 Å². The number of hydrogen-bond acceptors (Lipinski definition) is 3. The Kier molecular flexibility index (Phi) is 6.41. The van der Waals surface area contributed by atoms with E-state index in [1.807, 2.05) is 18.2 Å². The molecule has 0 radical (unpaired) electrons. The molecule has 3 nitrogen and oxygen atoms in total. The molecule has 0 aliphatic rings. The van der Waals surface area contributed by atoms with Gasteiger partial charge in [-0.15, -0.1) is 0 Å². The van der Waals surface area contributed by atoms with Crippen LogP contribution in [0.25, 0.3) is 0 Å². The second-order valence-electron chi connectivity index (χ2n) is 3.22. The number of rotatable bonds is 7. The zero-order chi connectivity index (χ0) is 10.8. The van der Waals surface area contributed by atoms with E-state index < -0.39 is 9.76 Å². The molecule has 1 aromatic rings. The summed E-state index contributed by atoms with van der Waals surface area (Å²) in [7, 11) is -0.450. The standard InChI is InChI=1S/C11H15NO2Si/c13-10-12-7-4-8-15-14-9-11-5-2-1-3-6-11/h1-3,5-6H,4,7-9,15H2. The van der Waals surface area contributed by atoms with Crippen LogP contribution in [0.1, 0.15) is 12.0 Å². The van der Waals surface area contributed by atoms with E-state index in [0.29, 0.717) is 13.2 Å². The monoisotopic (exact) mass is 221 g/mol. The number of hydrogen-bond donors (Lipinski definition) is 0. The largest absolute Gasteiger partial charge is 0.420 e. The van der Waals surface area contributed by atoms with Gasteiger partial charge in [0, 0.05) is 0 Å². The van der Waals surface area contributed by atoms with E-state index in [2.05, 4.69) is 17.1 Å². The Balaban J connectivity index is 2.00. The lowest BCUT2D eigenvalue weighted by Crippen LogP contribution is -1.99. The molecule has 0 saturated heterocycles. The van der Waals surface area contributed by atoms with E-state index >= 15 is 0 Å². The number of aliphatic imine (C=N–C) groups is 1. The summed E-state index contributed by atoms with van der Waals surface area (Å²) >= 11 is 0. The van der Waals surface area contributed by atoms with E-state index in [1.165, 1.54) is 11.6 Å². The molecule has 0 heterocycles. The van der Waals surface area contributed by atoms with Crippen LogP contribution < -0.4 is 0 Å². The van der Waals surface area contributed by atoms with Crippen molar-refractivity contribution in [3.05, 3.63) is 35.9 Å². The van der Waals surface area contributed by atoms with Gasteiger partial charge >= 0.3 is 0 Å². The highest BCUT2D eigenvalue weighted by Crippen LogP contribution is 2.00. The van der Waals surface area contributed by atoms with Gasteiger partial charge in [0.05, 0.1) is 13.2 Å². The summed E-state index contributed by atoms with van der Waals surface area (Å²) in [5.41, 5.74) is 1.22. The number of isocyanates is 1. The molecule has 0 fully saturated rings. The third kappa shape index (κ3) is 5.96. The molecule has 0 saturated carbocycles. The van der Waals surface area contributed by atoms with E-state index in [1.54, 1.807) is 0 Å². The van der Waals surface area contributed by atoms with Crippen molar-refractivity contribution >= 4 is 15.8 Å². The van der Waals surface area contributed by atoms with Crippen molar-refractivity contribution in [1.82, 2.24) is 0 Å². The Morgan fingerprint density at radius 2 is 2.13 bits per heavy atom. The van der Waals surface area contributed by atoms with Gasteiger partial charge in [0.1, 0.15) is 0 Å². The highest BCUT2D eigenvalue weighted by Gasteiger charge is 1.92. The minimum absolute atomic E-state index is 0.450. The van der Waals surface area contributed by atoms with Gasteiger partial charge in [0.15, 0.2) is 9.76 Å². The Labute approximate surface area is 92.1 Å². The van der Waals surface area contributed by atoms with Gasteiger partial charge in [-0.3, -0.25) is 0 Å². The Bertz CT molecular complexity index is 310. The van der Waals surface area contributed by atoms with Crippen LogP contribution in [0, 0.1) is 0 Å². The second kappa shape index (κ2) is 8.12. The summed E-state index contributed by atoms with van der Waals surface area (Å²) in [6, 6.07) is 11.2. The van der Waals surface area contributed by atoms with Crippen molar-refractivity contribution in [3.8, 4) is 0 Å². The lowest BCUT2D eigenvalue weighted by Gasteiger charge is -2.02. The third-order valence-electron chi connectivity index (χ3n) is 1.98. The maximum absolute atomic E-state index is 9.77. The first-order valence-corrected chi connectivity index (χ1v) is 6.66. The van der Waals surface area contributed by atoms with Crippen LogP contribution in [-0.4, -0.2) is 22.4 Å². The maximum Gasteiger partial charge on any atom is 0.234 e. The molecule has 0 aliphatic carbocycles. The summed E-state index contributed by atoms with van der Waals surface area (Å²) in [6.07, 6.45) is 2.47. The molecule has 0 spiro atoms. The predicted octanol–water partition coefficient (Wildman–Crippen LogP) is 1.43. The molecular formula is C11H15NO2Si. The van der Waals surface area contributed by atoms with E-state index in [4.69, 9.17) is 4.43 Å². The summed E-state index contributed by atoms with van der Waals surface area (Å²) in [5, 5.41) is 0. The molecule has 0 amide bonds. The fourth-order valence-corrected chi connectivity index (χ4v) is 2.22. The number of nitrogens with zero attached hydrogens (tertiary/aromatic N) is 1. The summed E-state index contributed by atoms with van der Waals surface area (Å²) in [5.74, 6) is 0. The molecular weight excluding hydrogens is 206 g/mol. The zero-order valence-electron chi connectivity index (χ0n) is 8.69. The van der Waals surface area contributed by atoms with Crippen molar-refractivity contribution < 1.29 is 9.22 Å². The Hall–Kier alpha value is -1.22.